The van der Waals surface area contributed by atoms with Gasteiger partial charge >= 0.3 is 0 Å². The van der Waals surface area contributed by atoms with E-state index in [9.17, 15) is 4.79 Å². The van der Waals surface area contributed by atoms with E-state index < -0.39 is 0 Å². The maximum Gasteiger partial charge on any atom is 0.222 e. The standard InChI is InChI=1S/C15H28N2O/c1-15(2,3)13-5-4-10-17(13)14(18)7-6-12-8-9-16-11-12/h12-13,16H,4-11H2,1-3H3. The Kier molecular flexibility index (Phi) is 4.31. The van der Waals surface area contributed by atoms with Gasteiger partial charge in [0.2, 0.25) is 5.91 Å². The van der Waals surface area contributed by atoms with Crippen LogP contribution in [0.1, 0.15) is 52.9 Å². The molecular formula is C15H28N2O. The first kappa shape index (κ1) is 13.9. The van der Waals surface area contributed by atoms with Crippen LogP contribution in [0.5, 0.6) is 0 Å². The lowest BCUT2D eigenvalue weighted by Crippen LogP contribution is -2.43. The SMILES string of the molecule is CC(C)(C)C1CCCN1C(=O)CCC1CCNC1. The van der Waals surface area contributed by atoms with Crippen LogP contribution >= 0.6 is 0 Å². The molecular weight excluding hydrogens is 224 g/mol. The van der Waals surface area contributed by atoms with E-state index in [2.05, 4.69) is 31.0 Å². The number of hydrogen-bond acceptors (Lipinski definition) is 2. The van der Waals surface area contributed by atoms with Crippen molar-refractivity contribution in [1.82, 2.24) is 10.2 Å². The van der Waals surface area contributed by atoms with Crippen molar-refractivity contribution in [2.75, 3.05) is 19.6 Å². The smallest absolute Gasteiger partial charge is 0.222 e. The molecule has 0 aliphatic carbocycles. The van der Waals surface area contributed by atoms with Gasteiger partial charge in [0, 0.05) is 19.0 Å². The average Bonchev–Trinajstić information content (AvgIpc) is 2.95. The van der Waals surface area contributed by atoms with Crippen LogP contribution in [-0.4, -0.2) is 36.5 Å². The highest BCUT2D eigenvalue weighted by molar-refractivity contribution is 5.76. The number of hydrogen-bond donors (Lipinski definition) is 1. The molecule has 2 saturated heterocycles. The fraction of sp³-hybridized carbons (Fsp3) is 0.933. The molecule has 2 aliphatic rings. The van der Waals surface area contributed by atoms with E-state index in [1.54, 1.807) is 0 Å². The quantitative estimate of drug-likeness (QED) is 0.836. The monoisotopic (exact) mass is 252 g/mol. The van der Waals surface area contributed by atoms with Crippen molar-refractivity contribution in [3.63, 3.8) is 0 Å². The molecule has 0 saturated carbocycles. The molecule has 3 nitrogen and oxygen atoms in total. The highest BCUT2D eigenvalue weighted by Gasteiger charge is 2.36. The minimum absolute atomic E-state index is 0.223. The molecule has 2 unspecified atom stereocenters. The highest BCUT2D eigenvalue weighted by atomic mass is 16.2. The van der Waals surface area contributed by atoms with Gasteiger partial charge in [-0.25, -0.2) is 0 Å². The van der Waals surface area contributed by atoms with Gasteiger partial charge in [0.1, 0.15) is 0 Å². The number of likely N-dealkylation sites (tertiary alicyclic amines) is 1. The van der Waals surface area contributed by atoms with Gasteiger partial charge in [-0.1, -0.05) is 20.8 Å². The Bertz CT molecular complexity index is 289. The van der Waals surface area contributed by atoms with Gasteiger partial charge in [0.05, 0.1) is 0 Å². The summed E-state index contributed by atoms with van der Waals surface area (Å²) in [6, 6.07) is 0.451. The van der Waals surface area contributed by atoms with Gasteiger partial charge in [-0.2, -0.15) is 0 Å². The zero-order chi connectivity index (χ0) is 13.2. The van der Waals surface area contributed by atoms with E-state index in [0.29, 0.717) is 11.9 Å². The van der Waals surface area contributed by atoms with Crippen LogP contribution in [0.25, 0.3) is 0 Å². The van der Waals surface area contributed by atoms with E-state index in [4.69, 9.17) is 0 Å². The summed E-state index contributed by atoms with van der Waals surface area (Å²) in [6.45, 7) is 9.98. The van der Waals surface area contributed by atoms with Gasteiger partial charge in [-0.05, 0) is 50.1 Å². The molecule has 18 heavy (non-hydrogen) atoms. The van der Waals surface area contributed by atoms with E-state index in [-0.39, 0.29) is 5.41 Å². The van der Waals surface area contributed by atoms with Crippen molar-refractivity contribution in [1.29, 1.82) is 0 Å². The molecule has 0 spiro atoms. The second-order valence-electron chi connectivity index (χ2n) is 7.01. The minimum Gasteiger partial charge on any atom is -0.339 e. The third-order valence-corrected chi connectivity index (χ3v) is 4.50. The highest BCUT2D eigenvalue weighted by Crippen LogP contribution is 2.33. The molecule has 1 N–H and O–H groups in total. The van der Waals surface area contributed by atoms with Crippen molar-refractivity contribution in [3.8, 4) is 0 Å². The Morgan fingerprint density at radius 3 is 2.72 bits per heavy atom. The second kappa shape index (κ2) is 5.60. The van der Waals surface area contributed by atoms with E-state index in [1.165, 1.54) is 19.3 Å². The number of carbonyl (C=O) groups is 1. The number of carbonyl (C=O) groups excluding carboxylic acids is 1. The number of rotatable bonds is 3. The van der Waals surface area contributed by atoms with Crippen molar-refractivity contribution in [3.05, 3.63) is 0 Å². The van der Waals surface area contributed by atoms with E-state index in [0.717, 1.165) is 38.4 Å². The lowest BCUT2D eigenvalue weighted by Gasteiger charge is -2.35. The van der Waals surface area contributed by atoms with Crippen molar-refractivity contribution in [2.45, 2.75) is 58.9 Å². The normalized spacial score (nSPS) is 28.9. The van der Waals surface area contributed by atoms with E-state index in [1.807, 2.05) is 0 Å². The summed E-state index contributed by atoms with van der Waals surface area (Å²) in [4.78, 5) is 14.5. The molecule has 2 aliphatic heterocycles. The Balaban J connectivity index is 1.83. The van der Waals surface area contributed by atoms with Gasteiger partial charge in [0.25, 0.3) is 0 Å². The zero-order valence-corrected chi connectivity index (χ0v) is 12.2. The molecule has 0 bridgehead atoms. The lowest BCUT2D eigenvalue weighted by atomic mass is 9.85. The van der Waals surface area contributed by atoms with Gasteiger partial charge in [0.15, 0.2) is 0 Å². The fourth-order valence-corrected chi connectivity index (χ4v) is 3.40. The lowest BCUT2D eigenvalue weighted by molar-refractivity contribution is -0.134. The first-order valence-corrected chi connectivity index (χ1v) is 7.48. The minimum atomic E-state index is 0.223. The summed E-state index contributed by atoms with van der Waals surface area (Å²) in [7, 11) is 0. The first-order chi connectivity index (χ1) is 8.48. The number of amides is 1. The fourth-order valence-electron chi connectivity index (χ4n) is 3.40. The van der Waals surface area contributed by atoms with Gasteiger partial charge in [-0.15, -0.1) is 0 Å². The van der Waals surface area contributed by atoms with Crippen LogP contribution in [0.2, 0.25) is 0 Å². The molecule has 0 aromatic carbocycles. The van der Waals surface area contributed by atoms with Crippen LogP contribution in [-0.2, 0) is 4.79 Å². The molecule has 0 radical (unpaired) electrons. The van der Waals surface area contributed by atoms with Crippen molar-refractivity contribution in [2.24, 2.45) is 11.3 Å². The molecule has 2 heterocycles. The summed E-state index contributed by atoms with van der Waals surface area (Å²) in [5.41, 5.74) is 0.223. The van der Waals surface area contributed by atoms with Crippen molar-refractivity contribution >= 4 is 5.91 Å². The van der Waals surface area contributed by atoms with Crippen LogP contribution in [0, 0.1) is 11.3 Å². The molecule has 1 amide bonds. The molecule has 2 rings (SSSR count). The Morgan fingerprint density at radius 1 is 1.33 bits per heavy atom. The van der Waals surface area contributed by atoms with Crippen LogP contribution in [0.3, 0.4) is 0 Å². The maximum absolute atomic E-state index is 12.4. The average molecular weight is 252 g/mol. The summed E-state index contributed by atoms with van der Waals surface area (Å²) in [5.74, 6) is 1.11. The summed E-state index contributed by atoms with van der Waals surface area (Å²) in [6.07, 6.45) is 5.42. The number of nitrogens with zero attached hydrogens (tertiary/aromatic N) is 1. The summed E-state index contributed by atoms with van der Waals surface area (Å²) in [5, 5.41) is 3.37. The molecule has 0 aromatic heterocycles. The molecule has 0 aromatic rings. The van der Waals surface area contributed by atoms with Crippen LogP contribution in [0.4, 0.5) is 0 Å². The Morgan fingerprint density at radius 2 is 2.11 bits per heavy atom. The van der Waals surface area contributed by atoms with Crippen molar-refractivity contribution < 1.29 is 4.79 Å². The zero-order valence-electron chi connectivity index (χ0n) is 12.2. The molecule has 2 atom stereocenters. The largest absolute Gasteiger partial charge is 0.339 e. The second-order valence-corrected chi connectivity index (χ2v) is 7.01. The van der Waals surface area contributed by atoms with Gasteiger partial charge < -0.3 is 10.2 Å². The third-order valence-electron chi connectivity index (χ3n) is 4.50. The Hall–Kier alpha value is -0.570. The Labute approximate surface area is 111 Å². The molecule has 2 fully saturated rings. The number of nitrogens with one attached hydrogen (secondary N) is 1. The molecule has 104 valence electrons. The molecule has 3 heteroatoms. The van der Waals surface area contributed by atoms with Crippen LogP contribution < -0.4 is 5.32 Å². The summed E-state index contributed by atoms with van der Waals surface area (Å²) < 4.78 is 0. The third kappa shape index (κ3) is 3.25. The predicted molar refractivity (Wildman–Crippen MR) is 74.4 cm³/mol. The van der Waals surface area contributed by atoms with E-state index >= 15 is 0 Å². The predicted octanol–water partition coefficient (Wildman–Crippen LogP) is 2.41. The van der Waals surface area contributed by atoms with Crippen LogP contribution in [0.15, 0.2) is 0 Å². The first-order valence-electron chi connectivity index (χ1n) is 7.48. The topological polar surface area (TPSA) is 32.3 Å². The van der Waals surface area contributed by atoms with Gasteiger partial charge in [-0.3, -0.25) is 4.79 Å². The summed E-state index contributed by atoms with van der Waals surface area (Å²) >= 11 is 0. The maximum atomic E-state index is 12.4.